The molecule has 2 aromatic carbocycles. The number of carbonyl (C=O) groups is 3. The zero-order chi connectivity index (χ0) is 33.1. The van der Waals surface area contributed by atoms with Crippen molar-refractivity contribution in [2.75, 3.05) is 19.8 Å². The van der Waals surface area contributed by atoms with Crippen molar-refractivity contribution in [3.05, 3.63) is 71.8 Å². The van der Waals surface area contributed by atoms with Gasteiger partial charge in [-0.1, -0.05) is 140 Å². The van der Waals surface area contributed by atoms with Crippen molar-refractivity contribution in [2.24, 2.45) is 5.92 Å². The Balaban J connectivity index is 1.58. The van der Waals surface area contributed by atoms with Crippen molar-refractivity contribution >= 4 is 18.0 Å². The minimum absolute atomic E-state index is 0.0351. The molecule has 2 unspecified atom stereocenters. The van der Waals surface area contributed by atoms with Gasteiger partial charge in [0.05, 0.1) is 30.4 Å². The van der Waals surface area contributed by atoms with Crippen LogP contribution in [-0.4, -0.2) is 43.9 Å². The summed E-state index contributed by atoms with van der Waals surface area (Å²) in [7, 11) is 0. The molecule has 46 heavy (non-hydrogen) atoms. The van der Waals surface area contributed by atoms with E-state index in [4.69, 9.17) is 14.2 Å². The van der Waals surface area contributed by atoms with Crippen LogP contribution in [0.1, 0.15) is 144 Å². The molecule has 0 heterocycles. The molecule has 0 aliphatic carbocycles. The highest BCUT2D eigenvalue weighted by atomic mass is 16.6. The van der Waals surface area contributed by atoms with Gasteiger partial charge in [0.25, 0.3) is 0 Å². The third-order valence-corrected chi connectivity index (χ3v) is 8.19. The molecule has 2 rings (SSSR count). The van der Waals surface area contributed by atoms with Crippen LogP contribution in [-0.2, 0) is 14.2 Å². The molecule has 0 bridgehead atoms. The molecule has 7 heteroatoms. The molecule has 2 aromatic rings. The molecular weight excluding hydrogens is 578 g/mol. The van der Waals surface area contributed by atoms with Crippen LogP contribution < -0.4 is 5.32 Å². The van der Waals surface area contributed by atoms with Crippen molar-refractivity contribution in [3.8, 4) is 0 Å². The van der Waals surface area contributed by atoms with Crippen molar-refractivity contribution in [2.45, 2.75) is 129 Å². The van der Waals surface area contributed by atoms with Crippen molar-refractivity contribution in [1.29, 1.82) is 0 Å². The normalized spacial score (nSPS) is 12.2. The number of carbonyl (C=O) groups excluding carboxylic acids is 3. The Morgan fingerprint density at radius 1 is 0.587 bits per heavy atom. The van der Waals surface area contributed by atoms with Crippen molar-refractivity contribution < 1.29 is 28.6 Å². The number of nitrogens with one attached hydrogen (secondary N) is 1. The topological polar surface area (TPSA) is 90.9 Å². The van der Waals surface area contributed by atoms with E-state index in [1.165, 1.54) is 89.9 Å². The number of amides is 1. The first-order valence-electron chi connectivity index (χ1n) is 17.9. The minimum atomic E-state index is -0.491. The highest BCUT2D eigenvalue weighted by Crippen LogP contribution is 2.16. The molecule has 0 spiro atoms. The molecular formula is C39H59NO6. The van der Waals surface area contributed by atoms with E-state index in [-0.39, 0.29) is 19.1 Å². The van der Waals surface area contributed by atoms with E-state index >= 15 is 0 Å². The minimum Gasteiger partial charge on any atom is -0.462 e. The Hall–Kier alpha value is -3.35. The van der Waals surface area contributed by atoms with Gasteiger partial charge in [0.2, 0.25) is 0 Å². The van der Waals surface area contributed by atoms with Gasteiger partial charge in [-0.2, -0.15) is 0 Å². The van der Waals surface area contributed by atoms with Crippen molar-refractivity contribution in [3.63, 3.8) is 0 Å². The SMILES string of the molecule is CCCCCCCCCCCCCCCCCCNC(=O)OCC(COC(=O)c1ccccc1)CC(C)OC(=O)c1ccccc1. The first kappa shape index (κ1) is 38.8. The quantitative estimate of drug-likeness (QED) is 0.0627. The van der Waals surface area contributed by atoms with Crippen LogP contribution in [0.3, 0.4) is 0 Å². The molecule has 1 amide bonds. The van der Waals surface area contributed by atoms with Gasteiger partial charge in [0.1, 0.15) is 0 Å². The fourth-order valence-electron chi connectivity index (χ4n) is 5.49. The molecule has 1 N–H and O–H groups in total. The van der Waals surface area contributed by atoms with E-state index in [1.54, 1.807) is 55.5 Å². The number of benzene rings is 2. The van der Waals surface area contributed by atoms with E-state index < -0.39 is 24.1 Å². The summed E-state index contributed by atoms with van der Waals surface area (Å²) in [5.74, 6) is -1.22. The van der Waals surface area contributed by atoms with Gasteiger partial charge in [-0.05, 0) is 44.0 Å². The predicted molar refractivity (Wildman–Crippen MR) is 185 cm³/mol. The van der Waals surface area contributed by atoms with Crippen LogP contribution in [0, 0.1) is 5.92 Å². The summed E-state index contributed by atoms with van der Waals surface area (Å²) in [6, 6.07) is 17.5. The van der Waals surface area contributed by atoms with Crippen LogP contribution in [0.2, 0.25) is 0 Å². The van der Waals surface area contributed by atoms with Crippen LogP contribution in [0.4, 0.5) is 4.79 Å². The smallest absolute Gasteiger partial charge is 0.407 e. The van der Waals surface area contributed by atoms with Gasteiger partial charge in [0.15, 0.2) is 0 Å². The molecule has 256 valence electrons. The molecule has 0 aromatic heterocycles. The highest BCUT2D eigenvalue weighted by Gasteiger charge is 2.21. The maximum absolute atomic E-state index is 12.5. The van der Waals surface area contributed by atoms with Crippen LogP contribution in [0.5, 0.6) is 0 Å². The summed E-state index contributed by atoms with van der Waals surface area (Å²) >= 11 is 0. The summed E-state index contributed by atoms with van der Waals surface area (Å²) in [5.41, 5.74) is 0.911. The van der Waals surface area contributed by atoms with E-state index in [0.29, 0.717) is 24.1 Å². The molecule has 0 aliphatic rings. The maximum atomic E-state index is 12.5. The lowest BCUT2D eigenvalue weighted by Gasteiger charge is -2.21. The molecule has 0 saturated heterocycles. The van der Waals surface area contributed by atoms with E-state index in [1.807, 2.05) is 12.1 Å². The van der Waals surface area contributed by atoms with Crippen molar-refractivity contribution in [1.82, 2.24) is 5.32 Å². The third-order valence-electron chi connectivity index (χ3n) is 8.19. The van der Waals surface area contributed by atoms with E-state index in [0.717, 1.165) is 12.8 Å². The van der Waals surface area contributed by atoms with Crippen LogP contribution in [0.15, 0.2) is 60.7 Å². The largest absolute Gasteiger partial charge is 0.462 e. The fraction of sp³-hybridized carbons (Fsp3) is 0.615. The second kappa shape index (κ2) is 25.8. The molecule has 0 fully saturated rings. The summed E-state index contributed by atoms with van der Waals surface area (Å²) in [6.07, 6.45) is 20.3. The number of esters is 2. The standard InChI is InChI=1S/C39H59NO6/c1-3-4-5-6-7-8-9-10-11-12-13-14-15-16-17-24-29-40-39(43)45-32-34(31-44-37(41)35-25-20-18-21-26-35)30-33(2)46-38(42)36-27-22-19-23-28-36/h18-23,25-28,33-34H,3-17,24,29-32H2,1-2H3,(H,40,43). The van der Waals surface area contributed by atoms with Gasteiger partial charge < -0.3 is 19.5 Å². The first-order chi connectivity index (χ1) is 22.5. The number of unbranched alkanes of at least 4 members (excludes halogenated alkanes) is 15. The Bertz CT molecular complexity index is 1060. The average molecular weight is 638 g/mol. The third kappa shape index (κ3) is 19.2. The Morgan fingerprint density at radius 3 is 1.52 bits per heavy atom. The predicted octanol–water partition coefficient (Wildman–Crippen LogP) is 10.1. The highest BCUT2D eigenvalue weighted by molar-refractivity contribution is 5.89. The molecule has 0 aliphatic heterocycles. The first-order valence-corrected chi connectivity index (χ1v) is 17.9. The summed E-state index contributed by atoms with van der Waals surface area (Å²) < 4.78 is 16.6. The molecule has 7 nitrogen and oxygen atoms in total. The number of hydrogen-bond acceptors (Lipinski definition) is 6. The Kier molecular flexibility index (Phi) is 21.8. The van der Waals surface area contributed by atoms with E-state index in [9.17, 15) is 14.4 Å². The van der Waals surface area contributed by atoms with Gasteiger partial charge in [-0.15, -0.1) is 0 Å². The fourth-order valence-corrected chi connectivity index (χ4v) is 5.49. The second-order valence-electron chi connectivity index (χ2n) is 12.5. The average Bonchev–Trinajstić information content (AvgIpc) is 3.07. The number of rotatable bonds is 26. The lowest BCUT2D eigenvalue weighted by atomic mass is 10.0. The van der Waals surface area contributed by atoms with E-state index in [2.05, 4.69) is 12.2 Å². The molecule has 0 radical (unpaired) electrons. The van der Waals surface area contributed by atoms with Crippen LogP contribution in [0.25, 0.3) is 0 Å². The lowest BCUT2D eigenvalue weighted by Crippen LogP contribution is -2.30. The number of alkyl carbamates (subject to hydrolysis) is 1. The van der Waals surface area contributed by atoms with Gasteiger partial charge in [-0.25, -0.2) is 14.4 Å². The van der Waals surface area contributed by atoms with Gasteiger partial charge in [-0.3, -0.25) is 0 Å². The Labute approximate surface area is 278 Å². The summed E-state index contributed by atoms with van der Waals surface area (Å²) in [4.78, 5) is 37.4. The zero-order valence-electron chi connectivity index (χ0n) is 28.5. The second-order valence-corrected chi connectivity index (χ2v) is 12.5. The monoisotopic (exact) mass is 637 g/mol. The molecule has 0 saturated carbocycles. The van der Waals surface area contributed by atoms with Gasteiger partial charge in [0, 0.05) is 12.5 Å². The maximum Gasteiger partial charge on any atom is 0.407 e. The number of hydrogen-bond donors (Lipinski definition) is 1. The van der Waals surface area contributed by atoms with Gasteiger partial charge >= 0.3 is 18.0 Å². The van der Waals surface area contributed by atoms with Crippen LogP contribution >= 0.6 is 0 Å². The summed E-state index contributed by atoms with van der Waals surface area (Å²) in [6.45, 7) is 4.69. The zero-order valence-corrected chi connectivity index (χ0v) is 28.5. The lowest BCUT2D eigenvalue weighted by molar-refractivity contribution is 0.0113. The Morgan fingerprint density at radius 2 is 1.02 bits per heavy atom. The summed E-state index contributed by atoms with van der Waals surface area (Å²) in [5, 5.41) is 2.83. The number of ether oxygens (including phenoxy) is 3. The molecule has 2 atom stereocenters.